The molecule has 1 fully saturated rings. The molecule has 0 unspecified atom stereocenters. The summed E-state index contributed by atoms with van der Waals surface area (Å²) in [5.74, 6) is -0.385. The minimum Gasteiger partial charge on any atom is -0.450 e. The Morgan fingerprint density at radius 3 is 2.41 bits per heavy atom. The molecule has 1 aliphatic rings. The molecule has 2 aromatic rings. The van der Waals surface area contributed by atoms with Gasteiger partial charge in [-0.3, -0.25) is 4.79 Å². The second-order valence-corrected chi connectivity index (χ2v) is 6.43. The zero-order valence-corrected chi connectivity index (χ0v) is 15.7. The molecule has 1 aliphatic heterocycles. The Hall–Kier alpha value is -3.11. The molecule has 2 amide bonds. The first-order chi connectivity index (χ1) is 13.8. The summed E-state index contributed by atoms with van der Waals surface area (Å²) in [6, 6.07) is 5.19. The first-order valence-electron chi connectivity index (χ1n) is 9.05. The van der Waals surface area contributed by atoms with Crippen molar-refractivity contribution in [3.05, 3.63) is 47.3 Å². The highest BCUT2D eigenvalue weighted by molar-refractivity contribution is 5.92. The van der Waals surface area contributed by atoms with Crippen LogP contribution in [0.15, 0.2) is 30.5 Å². The number of rotatable bonds is 4. The van der Waals surface area contributed by atoms with Crippen molar-refractivity contribution >= 4 is 12.0 Å². The molecule has 1 saturated heterocycles. The third-order valence-electron chi connectivity index (χ3n) is 4.51. The number of aromatic nitrogens is 3. The number of amides is 2. The van der Waals surface area contributed by atoms with Gasteiger partial charge in [-0.2, -0.15) is 13.2 Å². The highest BCUT2D eigenvalue weighted by atomic mass is 19.4. The fraction of sp³-hybridized carbons (Fsp3) is 0.444. The van der Waals surface area contributed by atoms with E-state index in [0.717, 1.165) is 6.07 Å². The molecule has 0 spiro atoms. The molecule has 0 bridgehead atoms. The van der Waals surface area contributed by atoms with Gasteiger partial charge in [-0.15, -0.1) is 5.10 Å². The lowest BCUT2D eigenvalue weighted by Crippen LogP contribution is -2.50. The zero-order chi connectivity index (χ0) is 21.0. The van der Waals surface area contributed by atoms with Gasteiger partial charge in [0.15, 0.2) is 5.69 Å². The lowest BCUT2D eigenvalue weighted by molar-refractivity contribution is -0.138. The number of hydrogen-bond acceptors (Lipinski definition) is 5. The van der Waals surface area contributed by atoms with E-state index in [2.05, 4.69) is 10.3 Å². The Labute approximate surface area is 164 Å². The molecule has 0 N–H and O–H groups in total. The van der Waals surface area contributed by atoms with Crippen LogP contribution in [0.5, 0.6) is 0 Å². The molecule has 0 radical (unpaired) electrons. The number of benzene rings is 1. The average molecular weight is 411 g/mol. The normalized spacial score (nSPS) is 14.8. The van der Waals surface area contributed by atoms with Gasteiger partial charge in [0, 0.05) is 26.2 Å². The summed E-state index contributed by atoms with van der Waals surface area (Å²) in [6.45, 7) is 3.11. The van der Waals surface area contributed by atoms with Gasteiger partial charge in [0.2, 0.25) is 0 Å². The highest BCUT2D eigenvalue weighted by Crippen LogP contribution is 2.32. The van der Waals surface area contributed by atoms with Gasteiger partial charge < -0.3 is 14.5 Å². The lowest BCUT2D eigenvalue weighted by Gasteiger charge is -2.33. The van der Waals surface area contributed by atoms with Gasteiger partial charge >= 0.3 is 12.3 Å². The van der Waals surface area contributed by atoms with Crippen molar-refractivity contribution in [2.75, 3.05) is 32.8 Å². The number of piperazine rings is 1. The minimum absolute atomic E-state index is 0.0342. The Morgan fingerprint density at radius 2 is 1.76 bits per heavy atom. The second kappa shape index (κ2) is 8.50. The van der Waals surface area contributed by atoms with Gasteiger partial charge in [-0.25, -0.2) is 9.48 Å². The van der Waals surface area contributed by atoms with Crippen LogP contribution in [0.25, 0.3) is 0 Å². The molecule has 1 aromatic heterocycles. The fourth-order valence-corrected chi connectivity index (χ4v) is 3.05. The summed E-state index contributed by atoms with van der Waals surface area (Å²) >= 11 is 0. The first kappa shape index (κ1) is 20.6. The summed E-state index contributed by atoms with van der Waals surface area (Å²) in [5, 5.41) is 7.58. The minimum atomic E-state index is -4.48. The van der Waals surface area contributed by atoms with Crippen LogP contribution in [0, 0.1) is 0 Å². The van der Waals surface area contributed by atoms with Gasteiger partial charge in [0.1, 0.15) is 0 Å². The zero-order valence-electron chi connectivity index (χ0n) is 15.7. The van der Waals surface area contributed by atoms with Crippen molar-refractivity contribution in [2.45, 2.75) is 19.6 Å². The van der Waals surface area contributed by atoms with E-state index in [-0.39, 0.29) is 30.3 Å². The Balaban J connectivity index is 1.64. The van der Waals surface area contributed by atoms with Gasteiger partial charge in [0.05, 0.1) is 24.9 Å². The second-order valence-electron chi connectivity index (χ2n) is 6.43. The predicted octanol–water partition coefficient (Wildman–Crippen LogP) is 2.26. The SMILES string of the molecule is CCOC(=O)N1CCN(C(=O)c2cn(Cc3ccccc3C(F)(F)F)nn2)CC1. The maximum atomic E-state index is 13.1. The van der Waals surface area contributed by atoms with E-state index in [9.17, 15) is 22.8 Å². The summed E-state index contributed by atoms with van der Waals surface area (Å²) < 4.78 is 45.5. The van der Waals surface area contributed by atoms with Crippen molar-refractivity contribution < 1.29 is 27.5 Å². The number of alkyl halides is 3. The highest BCUT2D eigenvalue weighted by Gasteiger charge is 2.33. The molecule has 11 heteroatoms. The van der Waals surface area contributed by atoms with E-state index in [1.807, 2.05) is 0 Å². The van der Waals surface area contributed by atoms with Crippen molar-refractivity contribution in [2.24, 2.45) is 0 Å². The van der Waals surface area contributed by atoms with Crippen molar-refractivity contribution in [3.63, 3.8) is 0 Å². The van der Waals surface area contributed by atoms with E-state index in [4.69, 9.17) is 4.74 Å². The molecule has 2 heterocycles. The molecule has 0 aliphatic carbocycles. The predicted molar refractivity (Wildman–Crippen MR) is 95.1 cm³/mol. The molecule has 3 rings (SSSR count). The number of ether oxygens (including phenoxy) is 1. The van der Waals surface area contributed by atoms with Gasteiger partial charge in [0.25, 0.3) is 5.91 Å². The van der Waals surface area contributed by atoms with Crippen LogP contribution < -0.4 is 0 Å². The first-order valence-corrected chi connectivity index (χ1v) is 9.05. The van der Waals surface area contributed by atoms with Crippen LogP contribution in [-0.4, -0.2) is 69.6 Å². The van der Waals surface area contributed by atoms with Crippen LogP contribution in [0.4, 0.5) is 18.0 Å². The van der Waals surface area contributed by atoms with E-state index in [1.165, 1.54) is 38.9 Å². The maximum absolute atomic E-state index is 13.1. The fourth-order valence-electron chi connectivity index (χ4n) is 3.05. The van der Waals surface area contributed by atoms with E-state index >= 15 is 0 Å². The molecular formula is C18H20F3N5O3. The number of hydrogen-bond donors (Lipinski definition) is 0. The third-order valence-corrected chi connectivity index (χ3v) is 4.51. The average Bonchev–Trinajstić information content (AvgIpc) is 3.16. The van der Waals surface area contributed by atoms with Crippen LogP contribution in [0.3, 0.4) is 0 Å². The van der Waals surface area contributed by atoms with Gasteiger partial charge in [-0.05, 0) is 18.6 Å². The van der Waals surface area contributed by atoms with E-state index < -0.39 is 17.8 Å². The largest absolute Gasteiger partial charge is 0.450 e. The standard InChI is InChI=1S/C18H20F3N5O3/c1-2-29-17(28)25-9-7-24(8-10-25)16(27)15-12-26(23-22-15)11-13-5-3-4-6-14(13)18(19,20)21/h3-6,12H,2,7-11H2,1H3. The lowest BCUT2D eigenvalue weighted by atomic mass is 10.1. The van der Waals surface area contributed by atoms with Crippen LogP contribution in [-0.2, 0) is 17.5 Å². The molecular weight excluding hydrogens is 391 g/mol. The summed E-state index contributed by atoms with van der Waals surface area (Å²) in [5.41, 5.74) is -0.676. The molecule has 8 nitrogen and oxygen atoms in total. The molecule has 0 atom stereocenters. The summed E-state index contributed by atoms with van der Waals surface area (Å²) in [7, 11) is 0. The number of halogens is 3. The molecule has 156 valence electrons. The van der Waals surface area contributed by atoms with Crippen molar-refractivity contribution in [1.82, 2.24) is 24.8 Å². The van der Waals surface area contributed by atoms with Crippen LogP contribution in [0.2, 0.25) is 0 Å². The van der Waals surface area contributed by atoms with Crippen molar-refractivity contribution in [3.8, 4) is 0 Å². The Morgan fingerprint density at radius 1 is 1.10 bits per heavy atom. The quantitative estimate of drug-likeness (QED) is 0.771. The Bertz CT molecular complexity index is 876. The van der Waals surface area contributed by atoms with Crippen LogP contribution in [0.1, 0.15) is 28.5 Å². The molecule has 29 heavy (non-hydrogen) atoms. The summed E-state index contributed by atoms with van der Waals surface area (Å²) in [4.78, 5) is 27.3. The number of carbonyl (C=O) groups excluding carboxylic acids is 2. The molecule has 1 aromatic carbocycles. The number of nitrogens with zero attached hydrogens (tertiary/aromatic N) is 5. The monoisotopic (exact) mass is 411 g/mol. The topological polar surface area (TPSA) is 80.6 Å². The van der Waals surface area contributed by atoms with E-state index in [1.54, 1.807) is 6.92 Å². The van der Waals surface area contributed by atoms with Crippen molar-refractivity contribution in [1.29, 1.82) is 0 Å². The smallest absolute Gasteiger partial charge is 0.416 e. The molecule has 0 saturated carbocycles. The van der Waals surface area contributed by atoms with Crippen LogP contribution >= 0.6 is 0 Å². The third kappa shape index (κ3) is 4.84. The maximum Gasteiger partial charge on any atom is 0.416 e. The number of carbonyl (C=O) groups is 2. The summed E-state index contributed by atoms with van der Waals surface area (Å²) in [6.07, 6.45) is -3.57. The van der Waals surface area contributed by atoms with E-state index in [0.29, 0.717) is 26.2 Å². The van der Waals surface area contributed by atoms with Gasteiger partial charge in [-0.1, -0.05) is 23.4 Å². The Kier molecular flexibility index (Phi) is 6.04.